The number of benzene rings is 1. The van der Waals surface area contributed by atoms with Crippen LogP contribution in [0.25, 0.3) is 11.3 Å². The lowest BCUT2D eigenvalue weighted by atomic mass is 10.0. The van der Waals surface area contributed by atoms with E-state index in [1.54, 1.807) is 23.2 Å². The first-order valence-corrected chi connectivity index (χ1v) is 10.5. The number of anilines is 1. The van der Waals surface area contributed by atoms with Crippen LogP contribution in [0.15, 0.2) is 30.5 Å². The molecule has 1 aromatic carbocycles. The Labute approximate surface area is 186 Å². The first-order valence-electron chi connectivity index (χ1n) is 10.5. The molecule has 0 unspecified atom stereocenters. The Morgan fingerprint density at radius 1 is 1.12 bits per heavy atom. The Bertz CT molecular complexity index is 956. The van der Waals surface area contributed by atoms with Gasteiger partial charge < -0.3 is 24.7 Å². The normalized spacial score (nSPS) is 16.5. The lowest BCUT2D eigenvalue weighted by molar-refractivity contribution is -0.135. The van der Waals surface area contributed by atoms with Gasteiger partial charge in [0.2, 0.25) is 5.91 Å². The number of carbonyl (C=O) groups excluding carboxylic acids is 3. The minimum Gasteiger partial charge on any atom is -0.453 e. The van der Waals surface area contributed by atoms with Crippen molar-refractivity contribution in [1.82, 2.24) is 20.2 Å². The summed E-state index contributed by atoms with van der Waals surface area (Å²) in [6.07, 6.45) is 2.20. The molecule has 3 amide bonds. The van der Waals surface area contributed by atoms with Crippen molar-refractivity contribution in [3.63, 3.8) is 0 Å². The summed E-state index contributed by atoms with van der Waals surface area (Å²) in [5, 5.41) is 5.25. The molecule has 0 spiro atoms. The Balaban J connectivity index is 1.75. The second kappa shape index (κ2) is 10.2. The molecular weight excluding hydrogens is 414 g/mol. The van der Waals surface area contributed by atoms with Crippen LogP contribution in [0.1, 0.15) is 38.6 Å². The number of aromatic nitrogens is 2. The molecule has 0 bridgehead atoms. The maximum Gasteiger partial charge on any atom is 0.411 e. The van der Waals surface area contributed by atoms with Gasteiger partial charge in [-0.3, -0.25) is 10.1 Å². The summed E-state index contributed by atoms with van der Waals surface area (Å²) in [5.41, 5.74) is 2.31. The molecule has 1 aliphatic rings. The maximum absolute atomic E-state index is 13.2. The van der Waals surface area contributed by atoms with E-state index in [4.69, 9.17) is 0 Å². The van der Waals surface area contributed by atoms with Crippen LogP contribution in [0.5, 0.6) is 0 Å². The largest absolute Gasteiger partial charge is 0.453 e. The van der Waals surface area contributed by atoms with Crippen molar-refractivity contribution >= 4 is 23.8 Å². The zero-order valence-corrected chi connectivity index (χ0v) is 18.7. The highest BCUT2D eigenvalue weighted by atomic mass is 16.5. The first-order chi connectivity index (χ1) is 15.3. The number of ether oxygens (including phenoxy) is 2. The quantitative estimate of drug-likeness (QED) is 0.629. The molecule has 172 valence electrons. The van der Waals surface area contributed by atoms with Gasteiger partial charge >= 0.3 is 12.2 Å². The Hall–Kier alpha value is -3.56. The molecule has 3 rings (SSSR count). The van der Waals surface area contributed by atoms with Gasteiger partial charge in [-0.2, -0.15) is 0 Å². The van der Waals surface area contributed by atoms with E-state index in [-0.39, 0.29) is 17.9 Å². The summed E-state index contributed by atoms with van der Waals surface area (Å²) < 4.78 is 9.26. The molecule has 1 aliphatic heterocycles. The molecule has 1 saturated heterocycles. The third kappa shape index (κ3) is 5.19. The molecular formula is C22H29N5O5. The zero-order chi connectivity index (χ0) is 23.3. The number of nitrogens with one attached hydrogen (secondary N) is 3. The third-order valence-electron chi connectivity index (χ3n) is 5.47. The topological polar surface area (TPSA) is 126 Å². The van der Waals surface area contributed by atoms with E-state index in [0.29, 0.717) is 18.1 Å². The minimum atomic E-state index is -0.674. The fourth-order valence-corrected chi connectivity index (χ4v) is 3.75. The number of likely N-dealkylation sites (tertiary alicyclic amines) is 1. The predicted molar refractivity (Wildman–Crippen MR) is 118 cm³/mol. The van der Waals surface area contributed by atoms with E-state index in [9.17, 15) is 14.4 Å². The van der Waals surface area contributed by atoms with Crippen molar-refractivity contribution in [2.45, 2.75) is 38.8 Å². The van der Waals surface area contributed by atoms with Gasteiger partial charge in [0.05, 0.1) is 32.2 Å². The molecule has 10 nitrogen and oxygen atoms in total. The molecule has 1 fully saturated rings. The van der Waals surface area contributed by atoms with Crippen molar-refractivity contribution in [1.29, 1.82) is 0 Å². The van der Waals surface area contributed by atoms with E-state index in [1.807, 2.05) is 26.0 Å². The van der Waals surface area contributed by atoms with E-state index in [1.165, 1.54) is 14.2 Å². The van der Waals surface area contributed by atoms with Crippen LogP contribution in [-0.4, -0.2) is 59.8 Å². The summed E-state index contributed by atoms with van der Waals surface area (Å²) >= 11 is 0. The van der Waals surface area contributed by atoms with Gasteiger partial charge in [-0.25, -0.2) is 14.6 Å². The molecule has 2 atom stereocenters. The smallest absolute Gasteiger partial charge is 0.411 e. The number of methoxy groups -OCH3 is 2. The Morgan fingerprint density at radius 2 is 1.81 bits per heavy atom. The van der Waals surface area contributed by atoms with Crippen LogP contribution in [0.2, 0.25) is 0 Å². The molecule has 10 heteroatoms. The molecule has 0 radical (unpaired) electrons. The standard InChI is InChI=1S/C22H29N5O5/c1-13(2)18(26-22(30)32-4)20(28)27-11-5-6-17(27)19-23-12-16(25-19)14-7-9-15(10-8-14)24-21(29)31-3/h7-10,12-13,17-18H,5-6,11H2,1-4H3,(H,23,25)(H,24,29)(H,26,30)/t17-,18+/m1/s1. The number of amides is 3. The fraction of sp³-hybridized carbons (Fsp3) is 0.455. The van der Waals surface area contributed by atoms with Crippen LogP contribution in [0.4, 0.5) is 15.3 Å². The number of nitrogens with zero attached hydrogens (tertiary/aromatic N) is 2. The van der Waals surface area contributed by atoms with Gasteiger partial charge in [-0.05, 0) is 36.5 Å². The van der Waals surface area contributed by atoms with Crippen LogP contribution in [0.3, 0.4) is 0 Å². The number of H-pyrrole nitrogens is 1. The van der Waals surface area contributed by atoms with E-state index in [2.05, 4.69) is 30.1 Å². The minimum absolute atomic E-state index is 0.0906. The van der Waals surface area contributed by atoms with Gasteiger partial charge in [-0.1, -0.05) is 26.0 Å². The summed E-state index contributed by atoms with van der Waals surface area (Å²) in [6.45, 7) is 4.36. The van der Waals surface area contributed by atoms with Crippen molar-refractivity contribution in [2.24, 2.45) is 5.92 Å². The number of hydrogen-bond donors (Lipinski definition) is 3. The number of hydrogen-bond acceptors (Lipinski definition) is 6. The molecule has 2 heterocycles. The number of carbonyl (C=O) groups is 3. The average Bonchev–Trinajstić information content (AvgIpc) is 3.46. The second-order valence-corrected chi connectivity index (χ2v) is 7.92. The number of rotatable bonds is 6. The van der Waals surface area contributed by atoms with Crippen LogP contribution in [-0.2, 0) is 14.3 Å². The van der Waals surface area contributed by atoms with Crippen molar-refractivity contribution in [2.75, 3.05) is 26.1 Å². The van der Waals surface area contributed by atoms with Gasteiger partial charge in [0.25, 0.3) is 0 Å². The summed E-state index contributed by atoms with van der Waals surface area (Å²) in [6, 6.07) is 6.38. The Kier molecular flexibility index (Phi) is 7.34. The summed E-state index contributed by atoms with van der Waals surface area (Å²) in [5.74, 6) is 0.458. The number of alkyl carbamates (subject to hydrolysis) is 1. The molecule has 0 aliphatic carbocycles. The monoisotopic (exact) mass is 443 g/mol. The summed E-state index contributed by atoms with van der Waals surface area (Å²) in [7, 11) is 2.58. The second-order valence-electron chi connectivity index (χ2n) is 7.92. The highest BCUT2D eigenvalue weighted by molar-refractivity contribution is 5.86. The van der Waals surface area contributed by atoms with Crippen molar-refractivity contribution in [3.8, 4) is 11.3 Å². The van der Waals surface area contributed by atoms with Gasteiger partial charge in [0.1, 0.15) is 11.9 Å². The number of aromatic amines is 1. The van der Waals surface area contributed by atoms with Crippen LogP contribution < -0.4 is 10.6 Å². The highest BCUT2D eigenvalue weighted by Crippen LogP contribution is 2.32. The lowest BCUT2D eigenvalue weighted by Gasteiger charge is -2.30. The van der Waals surface area contributed by atoms with Gasteiger partial charge in [-0.15, -0.1) is 0 Å². The van der Waals surface area contributed by atoms with Gasteiger partial charge in [0.15, 0.2) is 0 Å². The average molecular weight is 444 g/mol. The number of imidazole rings is 1. The predicted octanol–water partition coefficient (Wildman–Crippen LogP) is 3.30. The molecule has 0 saturated carbocycles. The SMILES string of the molecule is COC(=O)Nc1ccc(-c2cnc([C@H]3CCCN3C(=O)[C@@H](NC(=O)OC)C(C)C)[nH]2)cc1. The zero-order valence-electron chi connectivity index (χ0n) is 18.7. The van der Waals surface area contributed by atoms with E-state index in [0.717, 1.165) is 24.1 Å². The maximum atomic E-state index is 13.2. The molecule has 32 heavy (non-hydrogen) atoms. The van der Waals surface area contributed by atoms with Crippen molar-refractivity contribution in [3.05, 3.63) is 36.3 Å². The first kappa shape index (κ1) is 23.1. The highest BCUT2D eigenvalue weighted by Gasteiger charge is 2.37. The molecule has 1 aromatic heterocycles. The van der Waals surface area contributed by atoms with Crippen LogP contribution >= 0.6 is 0 Å². The van der Waals surface area contributed by atoms with Gasteiger partial charge in [0, 0.05) is 12.2 Å². The fourth-order valence-electron chi connectivity index (χ4n) is 3.75. The van der Waals surface area contributed by atoms with E-state index >= 15 is 0 Å². The van der Waals surface area contributed by atoms with Crippen LogP contribution in [0, 0.1) is 5.92 Å². The molecule has 3 N–H and O–H groups in total. The van der Waals surface area contributed by atoms with Crippen molar-refractivity contribution < 1.29 is 23.9 Å². The molecule has 2 aromatic rings. The summed E-state index contributed by atoms with van der Waals surface area (Å²) in [4.78, 5) is 45.9. The Morgan fingerprint density at radius 3 is 2.44 bits per heavy atom. The lowest BCUT2D eigenvalue weighted by Crippen LogP contribution is -2.51. The third-order valence-corrected chi connectivity index (χ3v) is 5.47. The van der Waals surface area contributed by atoms with E-state index < -0.39 is 18.2 Å².